The van der Waals surface area contributed by atoms with Crippen molar-refractivity contribution in [2.75, 3.05) is 33.3 Å². The van der Waals surface area contributed by atoms with E-state index in [1.54, 1.807) is 0 Å². The molecule has 1 rings (SSSR count). The number of rotatable bonds is 5. The fourth-order valence-corrected chi connectivity index (χ4v) is 2.31. The van der Waals surface area contributed by atoms with Crippen molar-refractivity contribution in [1.82, 2.24) is 10.2 Å². The van der Waals surface area contributed by atoms with E-state index in [1.807, 2.05) is 11.8 Å². The largest absolute Gasteiger partial charge is 0.469 e. The molecule has 6 heteroatoms. The van der Waals surface area contributed by atoms with Gasteiger partial charge in [0, 0.05) is 19.1 Å². The van der Waals surface area contributed by atoms with Crippen molar-refractivity contribution in [3.05, 3.63) is 0 Å². The summed E-state index contributed by atoms with van der Waals surface area (Å²) >= 11 is 0. The topological polar surface area (TPSA) is 84.7 Å². The fourth-order valence-electron chi connectivity index (χ4n) is 2.31. The average molecular weight is 243 g/mol. The van der Waals surface area contributed by atoms with Gasteiger partial charge in [-0.15, -0.1) is 0 Å². The monoisotopic (exact) mass is 243 g/mol. The number of amides is 1. The number of piperidine rings is 1. The number of carbonyl (C=O) groups is 2. The maximum Gasteiger partial charge on any atom is 0.310 e. The molecule has 0 aromatic heterocycles. The smallest absolute Gasteiger partial charge is 0.310 e. The van der Waals surface area contributed by atoms with Crippen LogP contribution in [-0.4, -0.2) is 56.1 Å². The van der Waals surface area contributed by atoms with Gasteiger partial charge in [-0.2, -0.15) is 0 Å². The third-order valence-corrected chi connectivity index (χ3v) is 2.93. The van der Waals surface area contributed by atoms with E-state index >= 15 is 0 Å². The van der Waals surface area contributed by atoms with E-state index in [0.29, 0.717) is 6.54 Å². The van der Waals surface area contributed by atoms with Gasteiger partial charge in [-0.25, -0.2) is 0 Å². The lowest BCUT2D eigenvalue weighted by Crippen LogP contribution is -2.52. The van der Waals surface area contributed by atoms with Crippen LogP contribution < -0.4 is 11.1 Å². The first-order chi connectivity index (χ1) is 8.06. The number of carbonyl (C=O) groups excluding carboxylic acids is 2. The Morgan fingerprint density at radius 2 is 2.18 bits per heavy atom. The molecule has 0 aliphatic carbocycles. The highest BCUT2D eigenvalue weighted by atomic mass is 16.5. The summed E-state index contributed by atoms with van der Waals surface area (Å²) in [6, 6.07) is 0.206. The standard InChI is InChI=1S/C11H21N3O3/c1-3-13-9-4-8(11(16)17-2)5-14(6-9)7-10(12)15/h8-9,13H,3-7H2,1-2H3,(H2,12,15). The number of primary amides is 1. The number of likely N-dealkylation sites (tertiary alicyclic amines) is 1. The van der Waals surface area contributed by atoms with Crippen LogP contribution in [0, 0.1) is 5.92 Å². The van der Waals surface area contributed by atoms with Crippen LogP contribution in [0.3, 0.4) is 0 Å². The van der Waals surface area contributed by atoms with E-state index in [0.717, 1.165) is 19.5 Å². The molecule has 1 fully saturated rings. The molecule has 17 heavy (non-hydrogen) atoms. The summed E-state index contributed by atoms with van der Waals surface area (Å²) in [5.41, 5.74) is 5.18. The summed E-state index contributed by atoms with van der Waals surface area (Å²) in [4.78, 5) is 24.4. The second-order valence-electron chi connectivity index (χ2n) is 4.37. The number of nitrogens with one attached hydrogen (secondary N) is 1. The number of methoxy groups -OCH3 is 1. The molecule has 1 heterocycles. The molecule has 0 saturated carbocycles. The van der Waals surface area contributed by atoms with Crippen molar-refractivity contribution < 1.29 is 14.3 Å². The number of hydrogen-bond acceptors (Lipinski definition) is 5. The first-order valence-corrected chi connectivity index (χ1v) is 5.88. The van der Waals surface area contributed by atoms with Gasteiger partial charge < -0.3 is 15.8 Å². The number of nitrogens with zero attached hydrogens (tertiary/aromatic N) is 1. The van der Waals surface area contributed by atoms with Crippen molar-refractivity contribution >= 4 is 11.9 Å². The van der Waals surface area contributed by atoms with Gasteiger partial charge in [0.2, 0.25) is 5.91 Å². The van der Waals surface area contributed by atoms with Gasteiger partial charge in [0.05, 0.1) is 19.6 Å². The molecule has 0 spiro atoms. The molecule has 1 saturated heterocycles. The molecule has 2 unspecified atom stereocenters. The Balaban J connectivity index is 2.61. The molecule has 0 aromatic rings. The molecule has 1 amide bonds. The van der Waals surface area contributed by atoms with Crippen LogP contribution in [-0.2, 0) is 14.3 Å². The van der Waals surface area contributed by atoms with Crippen molar-refractivity contribution in [2.24, 2.45) is 11.7 Å². The van der Waals surface area contributed by atoms with Crippen LogP contribution in [0.4, 0.5) is 0 Å². The SMILES string of the molecule is CCNC1CC(C(=O)OC)CN(CC(N)=O)C1. The lowest BCUT2D eigenvalue weighted by Gasteiger charge is -2.36. The quantitative estimate of drug-likeness (QED) is 0.602. The van der Waals surface area contributed by atoms with Gasteiger partial charge in [-0.3, -0.25) is 14.5 Å². The Morgan fingerprint density at radius 1 is 1.47 bits per heavy atom. The van der Waals surface area contributed by atoms with Gasteiger partial charge in [-0.1, -0.05) is 6.92 Å². The molecular formula is C11H21N3O3. The first-order valence-electron chi connectivity index (χ1n) is 5.88. The molecular weight excluding hydrogens is 222 g/mol. The summed E-state index contributed by atoms with van der Waals surface area (Å²) in [7, 11) is 1.39. The summed E-state index contributed by atoms with van der Waals surface area (Å²) in [5, 5.41) is 3.30. The van der Waals surface area contributed by atoms with E-state index in [9.17, 15) is 9.59 Å². The highest BCUT2D eigenvalue weighted by molar-refractivity contribution is 5.76. The van der Waals surface area contributed by atoms with Gasteiger partial charge in [-0.05, 0) is 13.0 Å². The zero-order valence-corrected chi connectivity index (χ0v) is 10.4. The van der Waals surface area contributed by atoms with Crippen LogP contribution in [0.5, 0.6) is 0 Å². The summed E-state index contributed by atoms with van der Waals surface area (Å²) in [6.07, 6.45) is 0.746. The Kier molecular flexibility index (Phi) is 5.37. The van der Waals surface area contributed by atoms with Gasteiger partial charge >= 0.3 is 5.97 Å². The van der Waals surface area contributed by atoms with Crippen LogP contribution >= 0.6 is 0 Å². The van der Waals surface area contributed by atoms with Gasteiger partial charge in [0.25, 0.3) is 0 Å². The van der Waals surface area contributed by atoms with E-state index in [-0.39, 0.29) is 30.4 Å². The Bertz CT molecular complexity index is 283. The highest BCUT2D eigenvalue weighted by Gasteiger charge is 2.32. The molecule has 98 valence electrons. The Labute approximate surface area is 101 Å². The number of esters is 1. The van der Waals surface area contributed by atoms with E-state index < -0.39 is 0 Å². The summed E-state index contributed by atoms with van der Waals surface area (Å²) in [6.45, 7) is 4.32. The fraction of sp³-hybridized carbons (Fsp3) is 0.818. The number of likely N-dealkylation sites (N-methyl/N-ethyl adjacent to an activating group) is 1. The molecule has 0 aromatic carbocycles. The van der Waals surface area contributed by atoms with Gasteiger partial charge in [0.15, 0.2) is 0 Å². The van der Waals surface area contributed by atoms with Crippen LogP contribution in [0.25, 0.3) is 0 Å². The maximum absolute atomic E-state index is 11.6. The molecule has 0 bridgehead atoms. The Morgan fingerprint density at radius 3 is 2.71 bits per heavy atom. The maximum atomic E-state index is 11.6. The number of hydrogen-bond donors (Lipinski definition) is 2. The average Bonchev–Trinajstić information content (AvgIpc) is 2.27. The van der Waals surface area contributed by atoms with E-state index in [4.69, 9.17) is 10.5 Å². The van der Waals surface area contributed by atoms with Crippen molar-refractivity contribution in [3.8, 4) is 0 Å². The van der Waals surface area contributed by atoms with E-state index in [1.165, 1.54) is 7.11 Å². The van der Waals surface area contributed by atoms with Crippen molar-refractivity contribution in [2.45, 2.75) is 19.4 Å². The van der Waals surface area contributed by atoms with Crippen LogP contribution in [0.15, 0.2) is 0 Å². The summed E-state index contributed by atoms with van der Waals surface area (Å²) in [5.74, 6) is -0.773. The second-order valence-corrected chi connectivity index (χ2v) is 4.37. The molecule has 0 radical (unpaired) electrons. The molecule has 1 aliphatic heterocycles. The number of ether oxygens (including phenoxy) is 1. The zero-order valence-electron chi connectivity index (χ0n) is 10.4. The van der Waals surface area contributed by atoms with Crippen molar-refractivity contribution in [1.29, 1.82) is 0 Å². The lowest BCUT2D eigenvalue weighted by atomic mass is 9.94. The van der Waals surface area contributed by atoms with Crippen LogP contribution in [0.1, 0.15) is 13.3 Å². The predicted octanol–water partition coefficient (Wildman–Crippen LogP) is -1.06. The minimum atomic E-state index is -0.370. The van der Waals surface area contributed by atoms with Crippen molar-refractivity contribution in [3.63, 3.8) is 0 Å². The van der Waals surface area contributed by atoms with Gasteiger partial charge in [0.1, 0.15) is 0 Å². The highest BCUT2D eigenvalue weighted by Crippen LogP contribution is 2.18. The predicted molar refractivity (Wildman–Crippen MR) is 63.2 cm³/mol. The van der Waals surface area contributed by atoms with Crippen LogP contribution in [0.2, 0.25) is 0 Å². The Hall–Kier alpha value is -1.14. The minimum absolute atomic E-state index is 0.183. The third kappa shape index (κ3) is 4.32. The molecule has 1 aliphatic rings. The minimum Gasteiger partial charge on any atom is -0.469 e. The normalized spacial score (nSPS) is 25.5. The first kappa shape index (κ1) is 13.9. The molecule has 2 atom stereocenters. The third-order valence-electron chi connectivity index (χ3n) is 2.93. The van der Waals surface area contributed by atoms with E-state index in [2.05, 4.69) is 5.32 Å². The molecule has 6 nitrogen and oxygen atoms in total. The molecule has 3 N–H and O–H groups in total. The zero-order chi connectivity index (χ0) is 12.8. The summed E-state index contributed by atoms with van der Waals surface area (Å²) < 4.78 is 4.76. The lowest BCUT2D eigenvalue weighted by molar-refractivity contribution is -0.148. The second kappa shape index (κ2) is 6.56. The number of nitrogens with two attached hydrogens (primary N) is 1.